The Balaban J connectivity index is 0.936. The number of ether oxygens (including phenoxy) is 6. The molecule has 12 heteroatoms. The molecule has 8 heterocycles. The summed E-state index contributed by atoms with van der Waals surface area (Å²) in [5, 5.41) is 13.5. The molecule has 2 saturated carbocycles. The van der Waals surface area contributed by atoms with Crippen molar-refractivity contribution in [3.63, 3.8) is 0 Å². The highest BCUT2D eigenvalue weighted by atomic mass is 17.3. The third-order valence-electron chi connectivity index (χ3n) is 13.2. The van der Waals surface area contributed by atoms with Crippen LogP contribution in [0.3, 0.4) is 0 Å². The molecule has 0 amide bonds. The van der Waals surface area contributed by atoms with Crippen molar-refractivity contribution in [3.8, 4) is 0 Å². The molecule has 10 aliphatic rings. The Labute approximate surface area is 265 Å². The molecule has 45 heavy (non-hydrogen) atoms. The minimum Gasteiger partial charge on any atom is -0.411 e. The molecular weight excluding hydrogens is 586 g/mol. The summed E-state index contributed by atoms with van der Waals surface area (Å²) in [6, 6.07) is 0. The summed E-state index contributed by atoms with van der Waals surface area (Å²) < 4.78 is 38.6. The van der Waals surface area contributed by atoms with Crippen molar-refractivity contribution in [2.75, 3.05) is 13.2 Å². The molecule has 10 rings (SSSR count). The van der Waals surface area contributed by atoms with Crippen LogP contribution in [-0.2, 0) is 48.0 Å². The monoisotopic (exact) mass is 637 g/mol. The lowest BCUT2D eigenvalue weighted by molar-refractivity contribution is -0.577. The summed E-state index contributed by atoms with van der Waals surface area (Å²) >= 11 is 0. The Hall–Kier alpha value is -0.930. The fourth-order valence-electron chi connectivity index (χ4n) is 10.6. The van der Waals surface area contributed by atoms with E-state index in [-0.39, 0.29) is 48.7 Å². The van der Waals surface area contributed by atoms with Crippen molar-refractivity contribution in [2.24, 2.45) is 52.5 Å². The first kappa shape index (κ1) is 31.3. The molecular formula is C33H51NO11. The van der Waals surface area contributed by atoms with Crippen molar-refractivity contribution < 1.29 is 53.2 Å². The van der Waals surface area contributed by atoms with E-state index in [9.17, 15) is 5.21 Å². The molecule has 4 bridgehead atoms. The van der Waals surface area contributed by atoms with Crippen LogP contribution < -0.4 is 0 Å². The van der Waals surface area contributed by atoms with Crippen LogP contribution in [0.2, 0.25) is 0 Å². The molecule has 0 radical (unpaired) electrons. The molecule has 0 aromatic heterocycles. The zero-order valence-corrected chi connectivity index (χ0v) is 27.5. The molecule has 2 spiro atoms. The van der Waals surface area contributed by atoms with Gasteiger partial charge >= 0.3 is 0 Å². The molecule has 8 saturated heterocycles. The highest BCUT2D eigenvalue weighted by molar-refractivity contribution is 5.86. The lowest BCUT2D eigenvalue weighted by Gasteiger charge is -2.60. The first-order valence-electron chi connectivity index (χ1n) is 17.3. The van der Waals surface area contributed by atoms with E-state index in [1.807, 2.05) is 13.8 Å². The maximum Gasteiger partial charge on any atom is 0.201 e. The molecule has 0 aromatic rings. The predicted octanol–water partition coefficient (Wildman–Crippen LogP) is 5.27. The smallest absolute Gasteiger partial charge is 0.201 e. The standard InChI is InChI=1S/C33H51NO11/c1-17-7-9-24-19(3)26(38-28-32(24)22(17)11-13-30(5,40-28)42-44-32)36-15-21(34-35)16-37-27-20(4)25-10-8-18(2)23-12-14-31(6)41-29(39-27)33(23,25)45-43-31/h17-20,22-29,35H,7-16H2,1-6H3/t17-,18-,19-,20-,22+,23+,24+,25+,26+,27+,28-,29-,30+,31+,32-,33-/m1/s1. The number of nitrogens with zero attached hydrogens (tertiary/aromatic N) is 1. The van der Waals surface area contributed by atoms with Crippen LogP contribution in [0.4, 0.5) is 0 Å². The molecule has 12 nitrogen and oxygen atoms in total. The van der Waals surface area contributed by atoms with Gasteiger partial charge in [0.2, 0.25) is 11.6 Å². The van der Waals surface area contributed by atoms with E-state index in [4.69, 9.17) is 48.0 Å². The third-order valence-corrected chi connectivity index (χ3v) is 13.2. The van der Waals surface area contributed by atoms with Gasteiger partial charge in [-0.2, -0.15) is 0 Å². The van der Waals surface area contributed by atoms with Gasteiger partial charge in [-0.1, -0.05) is 32.9 Å². The third kappa shape index (κ3) is 4.64. The number of hydrogen-bond acceptors (Lipinski definition) is 12. The van der Waals surface area contributed by atoms with Crippen LogP contribution in [0.25, 0.3) is 0 Å². The highest BCUT2D eigenvalue weighted by Gasteiger charge is 2.71. The van der Waals surface area contributed by atoms with Gasteiger partial charge < -0.3 is 33.6 Å². The lowest BCUT2D eigenvalue weighted by atomic mass is 9.58. The second kappa shape index (κ2) is 11.0. The van der Waals surface area contributed by atoms with Crippen LogP contribution >= 0.6 is 0 Å². The van der Waals surface area contributed by atoms with Gasteiger partial charge in [-0.3, -0.25) is 0 Å². The number of rotatable bonds is 6. The fourth-order valence-corrected chi connectivity index (χ4v) is 10.6. The zero-order chi connectivity index (χ0) is 31.4. The topological polar surface area (TPSA) is 125 Å². The van der Waals surface area contributed by atoms with E-state index in [2.05, 4.69) is 32.9 Å². The summed E-state index contributed by atoms with van der Waals surface area (Å²) in [4.78, 5) is 24.3. The normalized spacial score (nSPS) is 56.5. The fraction of sp³-hybridized carbons (Fsp3) is 0.970. The van der Waals surface area contributed by atoms with Gasteiger partial charge in [0.05, 0.1) is 13.2 Å². The van der Waals surface area contributed by atoms with Gasteiger partial charge in [0, 0.05) is 36.5 Å². The van der Waals surface area contributed by atoms with Crippen molar-refractivity contribution in [1.82, 2.24) is 0 Å². The summed E-state index contributed by atoms with van der Waals surface area (Å²) in [6.45, 7) is 12.8. The maximum absolute atomic E-state index is 9.97. The van der Waals surface area contributed by atoms with Crippen LogP contribution in [-0.4, -0.2) is 72.1 Å². The maximum atomic E-state index is 9.97. The Kier molecular flexibility index (Phi) is 7.69. The van der Waals surface area contributed by atoms with Crippen LogP contribution in [0.1, 0.15) is 92.9 Å². The van der Waals surface area contributed by atoms with Gasteiger partial charge in [0.15, 0.2) is 36.4 Å². The average Bonchev–Trinajstić information content (AvgIpc) is 3.39. The van der Waals surface area contributed by atoms with E-state index in [1.54, 1.807) is 0 Å². The molecule has 254 valence electrons. The molecule has 0 aromatic carbocycles. The van der Waals surface area contributed by atoms with Gasteiger partial charge in [-0.15, -0.1) is 0 Å². The zero-order valence-electron chi connectivity index (χ0n) is 27.5. The van der Waals surface area contributed by atoms with Crippen LogP contribution in [0.15, 0.2) is 5.16 Å². The molecule has 16 atom stereocenters. The number of oxime groups is 1. The van der Waals surface area contributed by atoms with Crippen molar-refractivity contribution in [3.05, 3.63) is 0 Å². The van der Waals surface area contributed by atoms with E-state index in [1.165, 1.54) is 0 Å². The molecule has 1 N–H and O–H groups in total. The Morgan fingerprint density at radius 2 is 1.09 bits per heavy atom. The molecule has 8 aliphatic heterocycles. The first-order chi connectivity index (χ1) is 21.5. The SMILES string of the molecule is C[C@H]1[C@@H](OCC(CO[C@H]2O[C@@H]3O[C@]4(C)CC[C@H]5[C@H](C)CC[C@@H]([C@H]2C)[C@@]35OO4)=NO)O[C@@H]2O[C@]3(C)CC[C@H]4[C@H](C)CC[C@@H]1[C@@]24OO3. The summed E-state index contributed by atoms with van der Waals surface area (Å²) in [6.07, 6.45) is 5.28. The lowest BCUT2D eigenvalue weighted by Crippen LogP contribution is -2.70. The largest absolute Gasteiger partial charge is 0.411 e. The van der Waals surface area contributed by atoms with E-state index in [0.717, 1.165) is 51.4 Å². The average molecular weight is 638 g/mol. The number of hydrogen-bond donors (Lipinski definition) is 1. The van der Waals surface area contributed by atoms with Gasteiger partial charge in [0.25, 0.3) is 0 Å². The number of fused-ring (bicyclic) bond motifs is 4. The highest BCUT2D eigenvalue weighted by Crippen LogP contribution is 2.62. The van der Waals surface area contributed by atoms with Gasteiger partial charge in [-0.05, 0) is 76.0 Å². The minimum absolute atomic E-state index is 0.0117. The van der Waals surface area contributed by atoms with Crippen molar-refractivity contribution in [2.45, 2.75) is 141 Å². The second-order valence-corrected chi connectivity index (χ2v) is 15.8. The van der Waals surface area contributed by atoms with Crippen LogP contribution in [0.5, 0.6) is 0 Å². The quantitative estimate of drug-likeness (QED) is 0.177. The predicted molar refractivity (Wildman–Crippen MR) is 155 cm³/mol. The molecule has 2 aliphatic carbocycles. The van der Waals surface area contributed by atoms with Gasteiger partial charge in [-0.25, -0.2) is 19.6 Å². The van der Waals surface area contributed by atoms with E-state index in [0.29, 0.717) is 17.5 Å². The Bertz CT molecular complexity index is 1090. The van der Waals surface area contributed by atoms with Crippen molar-refractivity contribution in [1.29, 1.82) is 0 Å². The molecule has 10 fully saturated rings. The Morgan fingerprint density at radius 3 is 1.51 bits per heavy atom. The summed E-state index contributed by atoms with van der Waals surface area (Å²) in [5.74, 6) is 0.135. The second-order valence-electron chi connectivity index (χ2n) is 15.8. The van der Waals surface area contributed by atoms with Crippen LogP contribution in [0, 0.1) is 47.3 Å². The van der Waals surface area contributed by atoms with Gasteiger partial charge in [0.1, 0.15) is 5.71 Å². The van der Waals surface area contributed by atoms with E-state index >= 15 is 0 Å². The minimum atomic E-state index is -0.852. The molecule has 0 unspecified atom stereocenters. The summed E-state index contributed by atoms with van der Waals surface area (Å²) in [5.41, 5.74) is -0.967. The first-order valence-corrected chi connectivity index (χ1v) is 17.3. The summed E-state index contributed by atoms with van der Waals surface area (Å²) in [7, 11) is 0. The van der Waals surface area contributed by atoms with E-state index < -0.39 is 47.9 Å². The Morgan fingerprint density at radius 1 is 0.644 bits per heavy atom. The van der Waals surface area contributed by atoms with Crippen molar-refractivity contribution >= 4 is 5.71 Å².